The monoisotopic (exact) mass is 347 g/mol. The van der Waals surface area contributed by atoms with Crippen molar-refractivity contribution in [3.63, 3.8) is 0 Å². The summed E-state index contributed by atoms with van der Waals surface area (Å²) in [6, 6.07) is 0. The van der Waals surface area contributed by atoms with Crippen molar-refractivity contribution in [1.29, 1.82) is 0 Å². The molecule has 1 fully saturated rings. The molecule has 0 saturated carbocycles. The second kappa shape index (κ2) is 5.44. The molecule has 2 rings (SSSR count). The number of carbonyl (C=O) groups is 1. The summed E-state index contributed by atoms with van der Waals surface area (Å²) in [5.41, 5.74) is 0. The van der Waals surface area contributed by atoms with Gasteiger partial charge in [-0.05, 0) is 0 Å². The summed E-state index contributed by atoms with van der Waals surface area (Å²) in [4.78, 5) is 10.1. The molecule has 12 heteroatoms. The molecular weight excluding hydrogens is 339 g/mol. The second-order valence-corrected chi connectivity index (χ2v) is 6.22. The van der Waals surface area contributed by atoms with E-state index in [1.807, 2.05) is 0 Å². The summed E-state index contributed by atoms with van der Waals surface area (Å²) in [5, 5.41) is 5.54. The number of alkyl halides is 3. The number of hydrogen-bond acceptors (Lipinski definition) is 7. The van der Waals surface area contributed by atoms with E-state index in [2.05, 4.69) is 4.74 Å². The van der Waals surface area contributed by atoms with Crippen molar-refractivity contribution in [2.24, 2.45) is 5.14 Å². The van der Waals surface area contributed by atoms with Crippen molar-refractivity contribution in [1.82, 2.24) is 0 Å². The van der Waals surface area contributed by atoms with Crippen molar-refractivity contribution in [3.05, 3.63) is 10.3 Å². The third-order valence-electron chi connectivity index (χ3n) is 2.31. The van der Waals surface area contributed by atoms with Gasteiger partial charge in [-0.3, -0.25) is 0 Å². The first-order chi connectivity index (χ1) is 9.58. The Kier molecular flexibility index (Phi) is 4.15. The predicted octanol–water partition coefficient (Wildman–Crippen LogP) is 1.20. The SMILES string of the molecule is NS(=O)(=O)c1c(OC(F)(F)F)csc1C(=O)OC1CCO1. The molecule has 0 aliphatic carbocycles. The number of ether oxygens (including phenoxy) is 3. The quantitative estimate of drug-likeness (QED) is 0.821. The Morgan fingerprint density at radius 2 is 2.10 bits per heavy atom. The first-order valence-electron chi connectivity index (χ1n) is 5.30. The summed E-state index contributed by atoms with van der Waals surface area (Å²) in [6.07, 6.45) is -5.56. The fraction of sp³-hybridized carbons (Fsp3) is 0.444. The molecule has 1 aromatic rings. The first kappa shape index (κ1) is 16.0. The largest absolute Gasteiger partial charge is 0.573 e. The van der Waals surface area contributed by atoms with Crippen molar-refractivity contribution >= 4 is 27.3 Å². The highest BCUT2D eigenvalue weighted by atomic mass is 32.2. The number of carbonyl (C=O) groups excluding carboxylic acids is 1. The van der Waals surface area contributed by atoms with Crippen LogP contribution in [0.25, 0.3) is 0 Å². The Labute approximate surface area is 120 Å². The van der Waals surface area contributed by atoms with Crippen molar-refractivity contribution in [2.75, 3.05) is 6.61 Å². The van der Waals surface area contributed by atoms with E-state index in [4.69, 9.17) is 14.6 Å². The van der Waals surface area contributed by atoms with Crippen molar-refractivity contribution in [3.8, 4) is 5.75 Å². The third kappa shape index (κ3) is 3.84. The minimum atomic E-state index is -5.13. The number of nitrogens with two attached hydrogens (primary N) is 1. The number of rotatable bonds is 4. The molecule has 2 N–H and O–H groups in total. The van der Waals surface area contributed by atoms with Crippen LogP contribution >= 0.6 is 11.3 Å². The molecule has 0 aromatic carbocycles. The number of primary sulfonamides is 1. The maximum Gasteiger partial charge on any atom is 0.573 e. The number of hydrogen-bond donors (Lipinski definition) is 1. The molecule has 1 aromatic heterocycles. The van der Waals surface area contributed by atoms with Gasteiger partial charge >= 0.3 is 12.3 Å². The topological polar surface area (TPSA) is 105 Å². The maximum absolute atomic E-state index is 12.2. The summed E-state index contributed by atoms with van der Waals surface area (Å²) in [6.45, 7) is 0.368. The molecule has 0 amide bonds. The average Bonchev–Trinajstić information content (AvgIpc) is 2.63. The van der Waals surface area contributed by atoms with Crippen molar-refractivity contribution in [2.45, 2.75) is 24.0 Å². The van der Waals surface area contributed by atoms with Crippen LogP contribution < -0.4 is 9.88 Å². The van der Waals surface area contributed by atoms with Gasteiger partial charge in [0, 0.05) is 11.8 Å². The fourth-order valence-corrected chi connectivity index (χ4v) is 3.45. The molecule has 2 heterocycles. The third-order valence-corrected chi connectivity index (χ3v) is 4.35. The molecule has 21 heavy (non-hydrogen) atoms. The van der Waals surface area contributed by atoms with E-state index in [9.17, 15) is 26.4 Å². The highest BCUT2D eigenvalue weighted by Gasteiger charge is 2.37. The minimum absolute atomic E-state index is 0.368. The number of halogens is 3. The molecule has 1 unspecified atom stereocenters. The fourth-order valence-electron chi connectivity index (χ4n) is 1.42. The molecule has 1 aliphatic heterocycles. The lowest BCUT2D eigenvalue weighted by molar-refractivity contribution is -0.275. The van der Waals surface area contributed by atoms with Crippen LogP contribution in [0.5, 0.6) is 5.75 Å². The highest BCUT2D eigenvalue weighted by Crippen LogP contribution is 2.37. The predicted molar refractivity (Wildman–Crippen MR) is 62.1 cm³/mol. The van der Waals surface area contributed by atoms with Gasteiger partial charge in [0.2, 0.25) is 16.3 Å². The summed E-state index contributed by atoms with van der Waals surface area (Å²) < 4.78 is 72.5. The Morgan fingerprint density at radius 1 is 1.48 bits per heavy atom. The molecule has 0 bridgehead atoms. The molecule has 7 nitrogen and oxygen atoms in total. The van der Waals surface area contributed by atoms with Gasteiger partial charge in [0.15, 0.2) is 5.75 Å². The molecule has 0 spiro atoms. The van der Waals surface area contributed by atoms with Crippen LogP contribution in [0.3, 0.4) is 0 Å². The van der Waals surface area contributed by atoms with Crippen LogP contribution in [0.4, 0.5) is 13.2 Å². The Morgan fingerprint density at radius 3 is 2.52 bits per heavy atom. The van der Waals surface area contributed by atoms with Gasteiger partial charge in [0.05, 0.1) is 6.61 Å². The molecule has 1 aliphatic rings. The van der Waals surface area contributed by atoms with E-state index < -0.39 is 44.2 Å². The zero-order chi connectivity index (χ0) is 15.8. The molecule has 1 atom stereocenters. The van der Waals surface area contributed by atoms with Gasteiger partial charge in [0.1, 0.15) is 9.77 Å². The van der Waals surface area contributed by atoms with Gasteiger partial charge in [-0.25, -0.2) is 18.4 Å². The smallest absolute Gasteiger partial charge is 0.431 e. The van der Waals surface area contributed by atoms with E-state index in [-0.39, 0.29) is 0 Å². The van der Waals surface area contributed by atoms with Gasteiger partial charge in [-0.15, -0.1) is 24.5 Å². The Bertz CT molecular complexity index is 649. The average molecular weight is 347 g/mol. The highest BCUT2D eigenvalue weighted by molar-refractivity contribution is 7.89. The zero-order valence-corrected chi connectivity index (χ0v) is 11.7. The number of esters is 1. The van der Waals surface area contributed by atoms with Gasteiger partial charge in [-0.2, -0.15) is 0 Å². The lowest BCUT2D eigenvalue weighted by atomic mass is 10.3. The van der Waals surface area contributed by atoms with Gasteiger partial charge < -0.3 is 14.2 Å². The second-order valence-electron chi connectivity index (χ2n) is 3.85. The summed E-state index contributed by atoms with van der Waals surface area (Å²) >= 11 is 0.414. The van der Waals surface area contributed by atoms with Gasteiger partial charge in [-0.1, -0.05) is 0 Å². The molecular formula is C9H8F3NO6S2. The van der Waals surface area contributed by atoms with Crippen LogP contribution in [-0.4, -0.2) is 33.6 Å². The van der Waals surface area contributed by atoms with E-state index in [0.29, 0.717) is 29.7 Å². The Hall–Kier alpha value is -1.37. The van der Waals surface area contributed by atoms with E-state index in [0.717, 1.165) is 0 Å². The summed E-state index contributed by atoms with van der Waals surface area (Å²) in [5.74, 6) is -2.22. The molecule has 0 radical (unpaired) electrons. The number of thiophene rings is 1. The Balaban J connectivity index is 2.34. The normalized spacial score (nSPS) is 19.0. The first-order valence-corrected chi connectivity index (χ1v) is 7.73. The minimum Gasteiger partial charge on any atom is -0.431 e. The van der Waals surface area contributed by atoms with Crippen LogP contribution in [0, 0.1) is 0 Å². The van der Waals surface area contributed by atoms with Crippen LogP contribution in [0.1, 0.15) is 16.1 Å². The maximum atomic E-state index is 12.2. The molecule has 1 saturated heterocycles. The van der Waals surface area contributed by atoms with Gasteiger partial charge in [0.25, 0.3) is 0 Å². The number of sulfonamides is 1. The lowest BCUT2D eigenvalue weighted by Gasteiger charge is -2.25. The lowest BCUT2D eigenvalue weighted by Crippen LogP contribution is -2.32. The van der Waals surface area contributed by atoms with Crippen molar-refractivity contribution < 1.29 is 40.6 Å². The zero-order valence-electron chi connectivity index (χ0n) is 10.0. The van der Waals surface area contributed by atoms with E-state index >= 15 is 0 Å². The van der Waals surface area contributed by atoms with Crippen LogP contribution in [0.2, 0.25) is 0 Å². The van der Waals surface area contributed by atoms with E-state index in [1.54, 1.807) is 0 Å². The summed E-state index contributed by atoms with van der Waals surface area (Å²) in [7, 11) is -4.62. The molecule has 118 valence electrons. The van der Waals surface area contributed by atoms with Crippen LogP contribution in [0.15, 0.2) is 10.3 Å². The van der Waals surface area contributed by atoms with E-state index in [1.165, 1.54) is 0 Å². The van der Waals surface area contributed by atoms with Crippen LogP contribution in [-0.2, 0) is 19.5 Å². The standard InChI is InChI=1S/C9H8F3NO6S2/c10-9(11,12)19-4-3-20-6(7(4)21(13,15)16)8(14)18-5-1-2-17-5/h3,5H,1-2H2,(H2,13,15,16).